The summed E-state index contributed by atoms with van der Waals surface area (Å²) in [7, 11) is 0. The minimum atomic E-state index is -0.510. The number of aryl methyl sites for hydroxylation is 1. The fraction of sp³-hybridized carbons (Fsp3) is 0.206. The smallest absolute Gasteiger partial charge is 0.322 e. The number of hydrogen-bond donors (Lipinski definition) is 1. The summed E-state index contributed by atoms with van der Waals surface area (Å²) in [6.45, 7) is 6.80. The molecule has 41 heavy (non-hydrogen) atoms. The number of anilines is 1. The lowest BCUT2D eigenvalue weighted by Crippen LogP contribution is -2.40. The van der Waals surface area contributed by atoms with Crippen LogP contribution in [0.1, 0.15) is 43.3 Å². The van der Waals surface area contributed by atoms with Gasteiger partial charge in [0.2, 0.25) is 0 Å². The van der Waals surface area contributed by atoms with Crippen LogP contribution in [-0.2, 0) is 6.54 Å². The average molecular weight is 547 g/mol. The van der Waals surface area contributed by atoms with Crippen molar-refractivity contribution in [3.63, 3.8) is 0 Å². The number of nitrogens with zero attached hydrogens (tertiary/aromatic N) is 3. The van der Waals surface area contributed by atoms with Gasteiger partial charge in [-0.15, -0.1) is 0 Å². The molecule has 0 aliphatic heterocycles. The molecule has 2 amide bonds. The van der Waals surface area contributed by atoms with Gasteiger partial charge in [-0.05, 0) is 79.9 Å². The molecule has 0 fully saturated rings. The second-order valence-electron chi connectivity index (χ2n) is 9.89. The maximum atomic E-state index is 14.0. The molecule has 1 heterocycles. The second kappa shape index (κ2) is 12.5. The molecular formula is C34H34N4O3. The molecule has 0 saturated heterocycles. The van der Waals surface area contributed by atoms with Crippen LogP contribution in [0.3, 0.4) is 0 Å². The molecular weight excluding hydrogens is 512 g/mol. The zero-order valence-electron chi connectivity index (χ0n) is 23.6. The van der Waals surface area contributed by atoms with Gasteiger partial charge >= 0.3 is 6.03 Å². The van der Waals surface area contributed by atoms with E-state index in [2.05, 4.69) is 5.32 Å². The Bertz CT molecular complexity index is 1700. The number of hydrogen-bond acceptors (Lipinski definition) is 4. The van der Waals surface area contributed by atoms with Crippen LogP contribution in [0.25, 0.3) is 16.6 Å². The van der Waals surface area contributed by atoms with Crippen molar-refractivity contribution in [3.8, 4) is 11.4 Å². The topological polar surface area (TPSA) is 76.5 Å². The van der Waals surface area contributed by atoms with E-state index in [4.69, 9.17) is 9.72 Å². The lowest BCUT2D eigenvalue weighted by molar-refractivity contribution is 0.177. The predicted octanol–water partition coefficient (Wildman–Crippen LogP) is 7.28. The molecule has 7 heteroatoms. The lowest BCUT2D eigenvalue weighted by atomic mass is 10.1. The molecule has 0 aliphatic carbocycles. The zero-order valence-corrected chi connectivity index (χ0v) is 23.6. The summed E-state index contributed by atoms with van der Waals surface area (Å²) in [4.78, 5) is 34.8. The van der Waals surface area contributed by atoms with Gasteiger partial charge in [-0.3, -0.25) is 9.36 Å². The van der Waals surface area contributed by atoms with E-state index in [1.54, 1.807) is 15.5 Å². The van der Waals surface area contributed by atoms with Crippen LogP contribution in [-0.4, -0.2) is 27.1 Å². The maximum Gasteiger partial charge on any atom is 0.322 e. The highest BCUT2D eigenvalue weighted by Gasteiger charge is 2.29. The van der Waals surface area contributed by atoms with Crippen LogP contribution in [0.15, 0.2) is 108 Å². The number of carbonyl (C=O) groups is 1. The van der Waals surface area contributed by atoms with Crippen LogP contribution in [0.5, 0.6) is 5.75 Å². The Morgan fingerprint density at radius 3 is 2.37 bits per heavy atom. The van der Waals surface area contributed by atoms with Crippen molar-refractivity contribution >= 4 is 22.6 Å². The van der Waals surface area contributed by atoms with Crippen LogP contribution < -0.4 is 15.6 Å². The summed E-state index contributed by atoms with van der Waals surface area (Å²) in [6.07, 6.45) is 0.538. The summed E-state index contributed by atoms with van der Waals surface area (Å²) in [5.74, 6) is 1.21. The van der Waals surface area contributed by atoms with Gasteiger partial charge in [0.05, 0.1) is 29.2 Å². The van der Waals surface area contributed by atoms with Gasteiger partial charge in [-0.2, -0.15) is 0 Å². The first-order valence-corrected chi connectivity index (χ1v) is 13.9. The summed E-state index contributed by atoms with van der Waals surface area (Å²) < 4.78 is 7.26. The third-order valence-corrected chi connectivity index (χ3v) is 6.99. The molecule has 5 aromatic rings. The Hall–Kier alpha value is -4.91. The third kappa shape index (κ3) is 6.14. The molecule has 0 radical (unpaired) electrons. The Morgan fingerprint density at radius 2 is 1.66 bits per heavy atom. The van der Waals surface area contributed by atoms with Gasteiger partial charge in [0.25, 0.3) is 5.56 Å². The number of ether oxygens (including phenoxy) is 1. The van der Waals surface area contributed by atoms with E-state index in [0.29, 0.717) is 47.7 Å². The van der Waals surface area contributed by atoms with E-state index >= 15 is 0 Å². The number of para-hydroxylation sites is 1. The van der Waals surface area contributed by atoms with Gasteiger partial charge in [0, 0.05) is 12.2 Å². The van der Waals surface area contributed by atoms with Gasteiger partial charge in [0.15, 0.2) is 0 Å². The van der Waals surface area contributed by atoms with Gasteiger partial charge in [-0.1, -0.05) is 61.5 Å². The Kier molecular flexibility index (Phi) is 8.44. The van der Waals surface area contributed by atoms with E-state index in [1.807, 2.05) is 118 Å². The monoisotopic (exact) mass is 546 g/mol. The van der Waals surface area contributed by atoms with Crippen molar-refractivity contribution in [2.45, 2.75) is 39.8 Å². The number of amides is 2. The molecule has 1 unspecified atom stereocenters. The van der Waals surface area contributed by atoms with Gasteiger partial charge in [0.1, 0.15) is 11.6 Å². The standard InChI is InChI=1S/C34H34N4O3/c1-4-31(37(23-25-13-7-6-8-14-25)34(40)35-26-15-11-12-24(3)22-26)32-36-30-17-10-9-16-29(30)33(39)38(32)27-18-20-28(21-19-27)41-5-2/h6-22,31H,4-5,23H2,1-3H3,(H,35,40). The number of benzene rings is 4. The molecule has 1 N–H and O–H groups in total. The molecule has 4 aromatic carbocycles. The van der Waals surface area contributed by atoms with Crippen molar-refractivity contribution in [2.75, 3.05) is 11.9 Å². The molecule has 0 saturated carbocycles. The first-order chi connectivity index (χ1) is 20.0. The Morgan fingerprint density at radius 1 is 0.927 bits per heavy atom. The molecule has 0 bridgehead atoms. The molecule has 1 atom stereocenters. The van der Waals surface area contributed by atoms with Crippen molar-refractivity contribution in [1.82, 2.24) is 14.5 Å². The van der Waals surface area contributed by atoms with Crippen molar-refractivity contribution in [2.24, 2.45) is 0 Å². The summed E-state index contributed by atoms with van der Waals surface area (Å²) in [5.41, 5.74) is 3.78. The molecule has 208 valence electrons. The van der Waals surface area contributed by atoms with Crippen LogP contribution in [0.4, 0.5) is 10.5 Å². The minimum absolute atomic E-state index is 0.188. The summed E-state index contributed by atoms with van der Waals surface area (Å²) >= 11 is 0. The molecule has 1 aromatic heterocycles. The first-order valence-electron chi connectivity index (χ1n) is 13.9. The normalized spacial score (nSPS) is 11.7. The SMILES string of the molecule is CCOc1ccc(-n2c(C(CC)N(Cc3ccccc3)C(=O)Nc3cccc(C)c3)nc3ccccc3c2=O)cc1. The number of fused-ring (bicyclic) bond motifs is 1. The number of carbonyl (C=O) groups excluding carboxylic acids is 1. The van der Waals surface area contributed by atoms with E-state index in [1.165, 1.54) is 0 Å². The van der Waals surface area contributed by atoms with E-state index in [-0.39, 0.29) is 11.6 Å². The van der Waals surface area contributed by atoms with E-state index in [0.717, 1.165) is 16.9 Å². The largest absolute Gasteiger partial charge is 0.494 e. The fourth-order valence-electron chi connectivity index (χ4n) is 5.05. The number of nitrogens with one attached hydrogen (secondary N) is 1. The predicted molar refractivity (Wildman–Crippen MR) is 164 cm³/mol. The van der Waals surface area contributed by atoms with E-state index in [9.17, 15) is 9.59 Å². The first kappa shape index (κ1) is 27.6. The summed E-state index contributed by atoms with van der Waals surface area (Å²) in [6, 6.07) is 31.5. The molecule has 0 spiro atoms. The van der Waals surface area contributed by atoms with Crippen molar-refractivity contribution < 1.29 is 9.53 Å². The number of urea groups is 1. The molecule has 5 rings (SSSR count). The highest BCUT2D eigenvalue weighted by Crippen LogP contribution is 2.29. The molecule has 0 aliphatic rings. The zero-order chi connectivity index (χ0) is 28.8. The van der Waals surface area contributed by atoms with Crippen LogP contribution >= 0.6 is 0 Å². The highest BCUT2D eigenvalue weighted by molar-refractivity contribution is 5.89. The van der Waals surface area contributed by atoms with Gasteiger partial charge < -0.3 is 15.0 Å². The Labute approximate surface area is 240 Å². The minimum Gasteiger partial charge on any atom is -0.494 e. The van der Waals surface area contributed by atoms with Crippen LogP contribution in [0, 0.1) is 6.92 Å². The number of rotatable bonds is 9. The average Bonchev–Trinajstić information content (AvgIpc) is 2.98. The maximum absolute atomic E-state index is 14.0. The quantitative estimate of drug-likeness (QED) is 0.211. The van der Waals surface area contributed by atoms with Gasteiger partial charge in [-0.25, -0.2) is 9.78 Å². The second-order valence-corrected chi connectivity index (χ2v) is 9.89. The Balaban J connectivity index is 1.66. The molecule has 7 nitrogen and oxygen atoms in total. The lowest BCUT2D eigenvalue weighted by Gasteiger charge is -2.32. The highest BCUT2D eigenvalue weighted by atomic mass is 16.5. The van der Waals surface area contributed by atoms with Crippen molar-refractivity contribution in [1.29, 1.82) is 0 Å². The fourth-order valence-corrected chi connectivity index (χ4v) is 5.05. The van der Waals surface area contributed by atoms with Crippen LogP contribution in [0.2, 0.25) is 0 Å². The van der Waals surface area contributed by atoms with Crippen molar-refractivity contribution in [3.05, 3.63) is 130 Å². The summed E-state index contributed by atoms with van der Waals surface area (Å²) in [5, 5.41) is 3.59. The number of aromatic nitrogens is 2. The van der Waals surface area contributed by atoms with E-state index < -0.39 is 6.04 Å². The third-order valence-electron chi connectivity index (χ3n) is 6.99.